The van der Waals surface area contributed by atoms with E-state index in [0.717, 1.165) is 31.5 Å². The first-order valence-corrected chi connectivity index (χ1v) is 10.3. The molecule has 0 spiro atoms. The van der Waals surface area contributed by atoms with E-state index in [1.165, 1.54) is 24.2 Å². The molecule has 1 saturated heterocycles. The van der Waals surface area contributed by atoms with E-state index in [1.807, 2.05) is 36.4 Å². The lowest BCUT2D eigenvalue weighted by atomic mass is 10.0. The van der Waals surface area contributed by atoms with Crippen LogP contribution < -0.4 is 5.69 Å². The molecule has 0 bridgehead atoms. The molecule has 3 aromatic rings. The fourth-order valence-electron chi connectivity index (χ4n) is 4.70. The second kappa shape index (κ2) is 7.06. The number of nitrogens with one attached hydrogen (secondary N) is 1. The monoisotopic (exact) mass is 391 g/mol. The van der Waals surface area contributed by atoms with Crippen molar-refractivity contribution in [3.8, 4) is 5.69 Å². The molecule has 7 heteroatoms. The standard InChI is InChI=1S/C22H25N5O2/c1-15-12-23-22(29)27(15)17-6-4-5-16(11-17)21(28)25-10-9-18(13-25)26-14-24-19-7-2-3-8-20(19)26/h4-6,11-12,14,18H,2-3,7-10,13H2,1H3,(H,23,29). The average molecular weight is 391 g/mol. The SMILES string of the molecule is Cc1c[nH]c(=O)n1-c1cccc(C(=O)N2CCC(n3cnc4c3CCCC4)C2)c1. The normalized spacial score (nSPS) is 18.8. The predicted molar refractivity (Wildman–Crippen MR) is 110 cm³/mol. The number of hydrogen-bond acceptors (Lipinski definition) is 3. The van der Waals surface area contributed by atoms with Crippen LogP contribution in [0, 0.1) is 6.92 Å². The van der Waals surface area contributed by atoms with Crippen LogP contribution in [0.2, 0.25) is 0 Å². The molecule has 1 fully saturated rings. The van der Waals surface area contributed by atoms with Crippen molar-refractivity contribution < 1.29 is 4.79 Å². The van der Waals surface area contributed by atoms with Crippen molar-refractivity contribution >= 4 is 5.91 Å². The lowest BCUT2D eigenvalue weighted by Gasteiger charge is -2.20. The number of hydrogen-bond donors (Lipinski definition) is 1. The summed E-state index contributed by atoms with van der Waals surface area (Å²) in [7, 11) is 0. The Hall–Kier alpha value is -3.09. The molecule has 0 saturated carbocycles. The van der Waals surface area contributed by atoms with Gasteiger partial charge < -0.3 is 14.5 Å². The number of carbonyl (C=O) groups excluding carboxylic acids is 1. The highest BCUT2D eigenvalue weighted by Gasteiger charge is 2.30. The van der Waals surface area contributed by atoms with E-state index in [-0.39, 0.29) is 11.6 Å². The predicted octanol–water partition coefficient (Wildman–Crippen LogP) is 2.64. The Kier molecular flexibility index (Phi) is 4.38. The number of likely N-dealkylation sites (tertiary alicyclic amines) is 1. The van der Waals surface area contributed by atoms with Crippen LogP contribution in [-0.2, 0) is 12.8 Å². The number of rotatable bonds is 3. The van der Waals surface area contributed by atoms with E-state index >= 15 is 0 Å². The van der Waals surface area contributed by atoms with Crippen LogP contribution in [0.5, 0.6) is 0 Å². The zero-order chi connectivity index (χ0) is 20.0. The van der Waals surface area contributed by atoms with Crippen molar-refractivity contribution in [2.45, 2.75) is 45.1 Å². The van der Waals surface area contributed by atoms with Gasteiger partial charge in [-0.05, 0) is 57.2 Å². The molecule has 1 amide bonds. The third kappa shape index (κ3) is 3.10. The number of aromatic amines is 1. The van der Waals surface area contributed by atoms with Crippen molar-refractivity contribution in [1.82, 2.24) is 24.0 Å². The summed E-state index contributed by atoms with van der Waals surface area (Å²) in [4.78, 5) is 34.4. The summed E-state index contributed by atoms with van der Waals surface area (Å²) < 4.78 is 3.89. The smallest absolute Gasteiger partial charge is 0.330 e. The molecule has 1 atom stereocenters. The molecule has 1 unspecified atom stereocenters. The van der Waals surface area contributed by atoms with E-state index in [9.17, 15) is 9.59 Å². The molecule has 1 aliphatic carbocycles. The minimum atomic E-state index is -0.196. The highest BCUT2D eigenvalue weighted by atomic mass is 16.2. The number of aromatic nitrogens is 4. The van der Waals surface area contributed by atoms with Crippen LogP contribution >= 0.6 is 0 Å². The van der Waals surface area contributed by atoms with Gasteiger partial charge >= 0.3 is 5.69 Å². The lowest BCUT2D eigenvalue weighted by Crippen LogP contribution is -2.29. The van der Waals surface area contributed by atoms with Gasteiger partial charge in [0.1, 0.15) is 0 Å². The van der Waals surface area contributed by atoms with E-state index in [2.05, 4.69) is 14.5 Å². The number of imidazole rings is 2. The fourth-order valence-corrected chi connectivity index (χ4v) is 4.70. The Morgan fingerprint density at radius 3 is 2.93 bits per heavy atom. The molecule has 3 heterocycles. The first-order valence-electron chi connectivity index (χ1n) is 10.3. The minimum Gasteiger partial charge on any atom is -0.336 e. The Morgan fingerprint density at radius 2 is 2.10 bits per heavy atom. The van der Waals surface area contributed by atoms with Gasteiger partial charge in [-0.1, -0.05) is 6.07 Å². The Morgan fingerprint density at radius 1 is 1.24 bits per heavy atom. The maximum Gasteiger partial charge on any atom is 0.330 e. The second-order valence-corrected chi connectivity index (χ2v) is 8.07. The lowest BCUT2D eigenvalue weighted by molar-refractivity contribution is 0.0787. The van der Waals surface area contributed by atoms with Gasteiger partial charge in [-0.2, -0.15) is 0 Å². The van der Waals surface area contributed by atoms with Crippen LogP contribution in [-0.4, -0.2) is 43.0 Å². The van der Waals surface area contributed by atoms with Crippen molar-refractivity contribution in [1.29, 1.82) is 0 Å². The molecule has 1 aromatic carbocycles. The maximum absolute atomic E-state index is 13.1. The molecule has 29 heavy (non-hydrogen) atoms. The number of benzene rings is 1. The van der Waals surface area contributed by atoms with Crippen LogP contribution in [0.4, 0.5) is 0 Å². The molecule has 150 valence electrons. The van der Waals surface area contributed by atoms with Gasteiger partial charge in [0.25, 0.3) is 5.91 Å². The van der Waals surface area contributed by atoms with Gasteiger partial charge in [0.15, 0.2) is 0 Å². The summed E-state index contributed by atoms with van der Waals surface area (Å²) >= 11 is 0. The van der Waals surface area contributed by atoms with Crippen LogP contribution in [0.3, 0.4) is 0 Å². The molecule has 2 aliphatic rings. The summed E-state index contributed by atoms with van der Waals surface area (Å²) in [5.41, 5.74) is 4.53. The second-order valence-electron chi connectivity index (χ2n) is 8.07. The van der Waals surface area contributed by atoms with Crippen molar-refractivity contribution in [2.75, 3.05) is 13.1 Å². The van der Waals surface area contributed by atoms with Gasteiger partial charge in [-0.25, -0.2) is 9.78 Å². The molecule has 1 aliphatic heterocycles. The Balaban J connectivity index is 1.36. The summed E-state index contributed by atoms with van der Waals surface area (Å²) in [6.45, 7) is 3.31. The summed E-state index contributed by atoms with van der Waals surface area (Å²) in [5, 5.41) is 0. The Bertz CT molecular complexity index is 1120. The fraction of sp³-hybridized carbons (Fsp3) is 0.409. The van der Waals surface area contributed by atoms with Gasteiger partial charge in [0.05, 0.1) is 23.8 Å². The Labute approximate surface area is 169 Å². The number of fused-ring (bicyclic) bond motifs is 1. The molecule has 0 radical (unpaired) electrons. The van der Waals surface area contributed by atoms with Crippen molar-refractivity contribution in [2.24, 2.45) is 0 Å². The van der Waals surface area contributed by atoms with E-state index in [1.54, 1.807) is 16.8 Å². The van der Waals surface area contributed by atoms with Crippen molar-refractivity contribution in [3.05, 3.63) is 69.9 Å². The molecule has 5 rings (SSSR count). The first kappa shape index (κ1) is 18.0. The maximum atomic E-state index is 13.1. The van der Waals surface area contributed by atoms with Crippen LogP contribution in [0.15, 0.2) is 41.6 Å². The van der Waals surface area contributed by atoms with Crippen LogP contribution in [0.25, 0.3) is 5.69 Å². The first-order chi connectivity index (χ1) is 14.1. The zero-order valence-corrected chi connectivity index (χ0v) is 16.6. The number of aryl methyl sites for hydroxylation is 2. The van der Waals surface area contributed by atoms with Crippen molar-refractivity contribution in [3.63, 3.8) is 0 Å². The third-order valence-electron chi connectivity index (χ3n) is 6.22. The van der Waals surface area contributed by atoms with E-state index in [4.69, 9.17) is 0 Å². The third-order valence-corrected chi connectivity index (χ3v) is 6.22. The van der Waals surface area contributed by atoms with E-state index < -0.39 is 0 Å². The summed E-state index contributed by atoms with van der Waals surface area (Å²) in [6.07, 6.45) is 9.20. The van der Waals surface area contributed by atoms with Gasteiger partial charge in [-0.3, -0.25) is 9.36 Å². The minimum absolute atomic E-state index is 0.0181. The summed E-state index contributed by atoms with van der Waals surface area (Å²) in [5.74, 6) is 0.0181. The van der Waals surface area contributed by atoms with E-state index in [0.29, 0.717) is 23.8 Å². The number of H-pyrrole nitrogens is 1. The van der Waals surface area contributed by atoms with Gasteiger partial charge in [-0.15, -0.1) is 0 Å². The zero-order valence-electron chi connectivity index (χ0n) is 16.6. The molecular formula is C22H25N5O2. The largest absolute Gasteiger partial charge is 0.336 e. The molecule has 1 N–H and O–H groups in total. The van der Waals surface area contributed by atoms with Gasteiger partial charge in [0.2, 0.25) is 0 Å². The highest BCUT2D eigenvalue weighted by molar-refractivity contribution is 5.95. The number of carbonyl (C=O) groups is 1. The highest BCUT2D eigenvalue weighted by Crippen LogP contribution is 2.29. The molecule has 2 aromatic heterocycles. The summed E-state index contributed by atoms with van der Waals surface area (Å²) in [6, 6.07) is 7.61. The number of amides is 1. The average Bonchev–Trinajstić information content (AvgIpc) is 3.46. The number of nitrogens with zero attached hydrogens (tertiary/aromatic N) is 4. The van der Waals surface area contributed by atoms with Crippen LogP contribution in [0.1, 0.15) is 52.7 Å². The quantitative estimate of drug-likeness (QED) is 0.746. The molecular weight excluding hydrogens is 366 g/mol. The van der Waals surface area contributed by atoms with Gasteiger partial charge in [0, 0.05) is 36.2 Å². The topological polar surface area (TPSA) is 75.9 Å². The molecule has 7 nitrogen and oxygen atoms in total.